The number of hydrogen-bond donors (Lipinski definition) is 2. The Bertz CT molecular complexity index is 766. The summed E-state index contributed by atoms with van der Waals surface area (Å²) in [5.41, 5.74) is 2.01. The smallest absolute Gasteiger partial charge is 0.252 e. The lowest BCUT2D eigenvalue weighted by molar-refractivity contribution is 0.0916. The van der Waals surface area contributed by atoms with Crippen LogP contribution in [0.25, 0.3) is 5.65 Å². The Kier molecular flexibility index (Phi) is 3.68. The fraction of sp³-hybridized carbons (Fsp3) is 0.214. The van der Waals surface area contributed by atoms with Crippen molar-refractivity contribution in [1.29, 1.82) is 0 Å². The van der Waals surface area contributed by atoms with Crippen LogP contribution in [-0.2, 0) is 0 Å². The van der Waals surface area contributed by atoms with Crippen LogP contribution in [0.2, 0.25) is 0 Å². The highest BCUT2D eigenvalue weighted by Gasteiger charge is 2.12. The first-order chi connectivity index (χ1) is 10.1. The molecule has 0 saturated heterocycles. The van der Waals surface area contributed by atoms with Crippen molar-refractivity contribution in [3.8, 4) is 0 Å². The standard InChI is InChI=1S/C14H14N4O2S/c1-9-16-17-13-3-2-10(7-18(9)13)14(20)15-6-12(19)11-4-5-21-8-11/h2-5,7-8,12,19H,6H2,1H3,(H,15,20). The highest BCUT2D eigenvalue weighted by molar-refractivity contribution is 7.07. The number of pyridine rings is 1. The molecule has 0 aromatic carbocycles. The number of amides is 1. The van der Waals surface area contributed by atoms with E-state index in [4.69, 9.17) is 0 Å². The van der Waals surface area contributed by atoms with E-state index in [1.807, 2.05) is 23.8 Å². The summed E-state index contributed by atoms with van der Waals surface area (Å²) in [5.74, 6) is 0.484. The minimum Gasteiger partial charge on any atom is -0.387 e. The van der Waals surface area contributed by atoms with Crippen LogP contribution in [0.5, 0.6) is 0 Å². The van der Waals surface area contributed by atoms with Crippen LogP contribution in [0, 0.1) is 6.92 Å². The molecule has 108 valence electrons. The van der Waals surface area contributed by atoms with Gasteiger partial charge in [0.1, 0.15) is 5.82 Å². The predicted octanol–water partition coefficient (Wildman–Crippen LogP) is 1.56. The van der Waals surface area contributed by atoms with E-state index in [0.717, 1.165) is 11.4 Å². The topological polar surface area (TPSA) is 79.5 Å². The number of carbonyl (C=O) groups excluding carboxylic acids is 1. The number of carbonyl (C=O) groups is 1. The molecular formula is C14H14N4O2S. The number of aromatic nitrogens is 3. The van der Waals surface area contributed by atoms with Gasteiger partial charge < -0.3 is 10.4 Å². The summed E-state index contributed by atoms with van der Waals surface area (Å²) in [6, 6.07) is 5.27. The number of aliphatic hydroxyl groups excluding tert-OH is 1. The second-order valence-electron chi connectivity index (χ2n) is 4.68. The van der Waals surface area contributed by atoms with Crippen molar-refractivity contribution >= 4 is 22.9 Å². The lowest BCUT2D eigenvalue weighted by Gasteiger charge is -2.10. The molecule has 3 aromatic heterocycles. The van der Waals surface area contributed by atoms with E-state index >= 15 is 0 Å². The van der Waals surface area contributed by atoms with Crippen LogP contribution < -0.4 is 5.32 Å². The minimum absolute atomic E-state index is 0.175. The number of hydrogen-bond acceptors (Lipinski definition) is 5. The van der Waals surface area contributed by atoms with Crippen LogP contribution in [0.15, 0.2) is 35.2 Å². The van der Waals surface area contributed by atoms with Gasteiger partial charge in [-0.2, -0.15) is 11.3 Å². The molecule has 0 aliphatic carbocycles. The zero-order valence-corrected chi connectivity index (χ0v) is 12.2. The van der Waals surface area contributed by atoms with Crippen molar-refractivity contribution in [2.24, 2.45) is 0 Å². The fourth-order valence-corrected chi connectivity index (χ4v) is 2.72. The molecule has 21 heavy (non-hydrogen) atoms. The van der Waals surface area contributed by atoms with E-state index in [9.17, 15) is 9.90 Å². The van der Waals surface area contributed by atoms with E-state index in [0.29, 0.717) is 11.2 Å². The highest BCUT2D eigenvalue weighted by atomic mass is 32.1. The number of thiophene rings is 1. The van der Waals surface area contributed by atoms with Gasteiger partial charge in [0.2, 0.25) is 0 Å². The van der Waals surface area contributed by atoms with E-state index in [1.165, 1.54) is 11.3 Å². The number of aryl methyl sites for hydroxylation is 1. The highest BCUT2D eigenvalue weighted by Crippen LogP contribution is 2.15. The molecule has 1 atom stereocenters. The Morgan fingerprint density at radius 2 is 2.29 bits per heavy atom. The van der Waals surface area contributed by atoms with E-state index in [2.05, 4.69) is 15.5 Å². The fourth-order valence-electron chi connectivity index (χ4n) is 2.01. The molecule has 6 nitrogen and oxygen atoms in total. The predicted molar refractivity (Wildman–Crippen MR) is 79.3 cm³/mol. The van der Waals surface area contributed by atoms with Crippen molar-refractivity contribution in [1.82, 2.24) is 19.9 Å². The molecule has 0 bridgehead atoms. The first-order valence-corrected chi connectivity index (χ1v) is 7.39. The molecule has 2 N–H and O–H groups in total. The zero-order chi connectivity index (χ0) is 14.8. The number of aliphatic hydroxyl groups is 1. The Hall–Kier alpha value is -2.25. The largest absolute Gasteiger partial charge is 0.387 e. The number of rotatable bonds is 4. The first-order valence-electron chi connectivity index (χ1n) is 6.45. The summed E-state index contributed by atoms with van der Waals surface area (Å²) in [6.07, 6.45) is 0.998. The van der Waals surface area contributed by atoms with Gasteiger partial charge in [0.25, 0.3) is 5.91 Å². The van der Waals surface area contributed by atoms with E-state index in [1.54, 1.807) is 22.7 Å². The molecule has 0 spiro atoms. The normalized spacial score (nSPS) is 12.5. The van der Waals surface area contributed by atoms with Gasteiger partial charge in [-0.05, 0) is 41.4 Å². The van der Waals surface area contributed by atoms with Gasteiger partial charge in [-0.25, -0.2) is 0 Å². The van der Waals surface area contributed by atoms with Gasteiger partial charge >= 0.3 is 0 Å². The average Bonchev–Trinajstić information content (AvgIpc) is 3.14. The third-order valence-corrected chi connectivity index (χ3v) is 3.92. The van der Waals surface area contributed by atoms with Gasteiger partial charge in [0.05, 0.1) is 11.7 Å². The Balaban J connectivity index is 1.70. The average molecular weight is 302 g/mol. The van der Waals surface area contributed by atoms with Gasteiger partial charge in [0, 0.05) is 12.7 Å². The summed E-state index contributed by atoms with van der Waals surface area (Å²) in [5, 5.41) is 24.4. The quantitative estimate of drug-likeness (QED) is 0.766. The molecule has 0 radical (unpaired) electrons. The van der Waals surface area contributed by atoms with Gasteiger partial charge in [-0.15, -0.1) is 10.2 Å². The molecule has 0 aliphatic heterocycles. The summed E-state index contributed by atoms with van der Waals surface area (Å²) in [4.78, 5) is 12.1. The summed E-state index contributed by atoms with van der Waals surface area (Å²) in [7, 11) is 0. The van der Waals surface area contributed by atoms with E-state index in [-0.39, 0.29) is 12.5 Å². The van der Waals surface area contributed by atoms with Crippen LogP contribution in [0.4, 0.5) is 0 Å². The summed E-state index contributed by atoms with van der Waals surface area (Å²) >= 11 is 1.51. The van der Waals surface area contributed by atoms with Crippen molar-refractivity contribution in [2.75, 3.05) is 6.54 Å². The molecule has 3 rings (SSSR count). The number of nitrogens with one attached hydrogen (secondary N) is 1. The third-order valence-electron chi connectivity index (χ3n) is 3.22. The maximum Gasteiger partial charge on any atom is 0.252 e. The summed E-state index contributed by atoms with van der Waals surface area (Å²) in [6.45, 7) is 2.00. The van der Waals surface area contributed by atoms with Gasteiger partial charge in [-0.3, -0.25) is 9.20 Å². The minimum atomic E-state index is -0.694. The lowest BCUT2D eigenvalue weighted by atomic mass is 10.2. The van der Waals surface area contributed by atoms with Crippen molar-refractivity contribution < 1.29 is 9.90 Å². The second-order valence-corrected chi connectivity index (χ2v) is 5.46. The number of fused-ring (bicyclic) bond motifs is 1. The van der Waals surface area contributed by atoms with Crippen LogP contribution in [0.3, 0.4) is 0 Å². The van der Waals surface area contributed by atoms with Gasteiger partial charge in [-0.1, -0.05) is 0 Å². The molecular weight excluding hydrogens is 288 g/mol. The Morgan fingerprint density at radius 1 is 1.43 bits per heavy atom. The second kappa shape index (κ2) is 5.63. The van der Waals surface area contributed by atoms with Crippen molar-refractivity contribution in [3.05, 3.63) is 52.1 Å². The van der Waals surface area contributed by atoms with Crippen LogP contribution in [0.1, 0.15) is 27.8 Å². The SMILES string of the molecule is Cc1nnc2ccc(C(=O)NCC(O)c3ccsc3)cn12. The van der Waals surface area contributed by atoms with Crippen molar-refractivity contribution in [2.45, 2.75) is 13.0 Å². The lowest BCUT2D eigenvalue weighted by Crippen LogP contribution is -2.28. The Morgan fingerprint density at radius 3 is 3.05 bits per heavy atom. The van der Waals surface area contributed by atoms with Crippen molar-refractivity contribution in [3.63, 3.8) is 0 Å². The molecule has 7 heteroatoms. The Labute approximate surface area is 125 Å². The first kappa shape index (κ1) is 13.7. The molecule has 3 aromatic rings. The molecule has 3 heterocycles. The molecule has 1 amide bonds. The monoisotopic (exact) mass is 302 g/mol. The number of nitrogens with zero attached hydrogens (tertiary/aromatic N) is 3. The molecule has 0 saturated carbocycles. The molecule has 1 unspecified atom stereocenters. The van der Waals surface area contributed by atoms with Crippen LogP contribution >= 0.6 is 11.3 Å². The zero-order valence-electron chi connectivity index (χ0n) is 11.4. The van der Waals surface area contributed by atoms with E-state index < -0.39 is 6.10 Å². The van der Waals surface area contributed by atoms with Gasteiger partial charge in [0.15, 0.2) is 5.65 Å². The maximum absolute atomic E-state index is 12.1. The molecule has 0 aliphatic rings. The molecule has 0 fully saturated rings. The third kappa shape index (κ3) is 2.79. The summed E-state index contributed by atoms with van der Waals surface area (Å²) < 4.78 is 1.75. The maximum atomic E-state index is 12.1. The van der Waals surface area contributed by atoms with Crippen LogP contribution in [-0.4, -0.2) is 32.2 Å².